The van der Waals surface area contributed by atoms with E-state index >= 15 is 0 Å². The highest BCUT2D eigenvalue weighted by Crippen LogP contribution is 2.32. The van der Waals surface area contributed by atoms with Gasteiger partial charge in [0.2, 0.25) is 0 Å². The molecule has 1 aromatic rings. The van der Waals surface area contributed by atoms with Gasteiger partial charge >= 0.3 is 12.0 Å². The molecular formula is C18H23N3O6. The number of nitro benzene ring substituents is 1. The molecule has 1 N–H and O–H groups in total. The molecule has 0 aromatic heterocycles. The first-order valence-corrected chi connectivity index (χ1v) is 8.58. The van der Waals surface area contributed by atoms with Crippen molar-refractivity contribution in [3.05, 3.63) is 39.9 Å². The van der Waals surface area contributed by atoms with Gasteiger partial charge in [0.05, 0.1) is 4.92 Å². The fraction of sp³-hybridized carbons (Fsp3) is 0.500. The van der Waals surface area contributed by atoms with Crippen molar-refractivity contribution < 1.29 is 24.4 Å². The van der Waals surface area contributed by atoms with Crippen LogP contribution in [0.5, 0.6) is 0 Å². The summed E-state index contributed by atoms with van der Waals surface area (Å²) in [6.07, 6.45) is 0.161. The molecular weight excluding hydrogens is 354 g/mol. The molecule has 0 unspecified atom stereocenters. The monoisotopic (exact) mass is 377 g/mol. The predicted octanol–water partition coefficient (Wildman–Crippen LogP) is 2.64. The molecule has 0 aliphatic carbocycles. The Hall–Kier alpha value is -2.97. The van der Waals surface area contributed by atoms with Gasteiger partial charge in [0, 0.05) is 18.7 Å². The number of carbonyl (C=O) groups excluding carboxylic acids is 2. The number of non-ortho nitro benzene ring substituents is 1. The van der Waals surface area contributed by atoms with Crippen molar-refractivity contribution in [1.29, 1.82) is 0 Å². The Balaban J connectivity index is 2.32. The zero-order chi connectivity index (χ0) is 20.5. The summed E-state index contributed by atoms with van der Waals surface area (Å²) in [5.41, 5.74) is -0.692. The average Bonchev–Trinajstić information content (AvgIpc) is 2.73. The number of rotatable bonds is 7. The zero-order valence-electron chi connectivity index (χ0n) is 15.7. The van der Waals surface area contributed by atoms with E-state index < -0.39 is 34.4 Å². The Bertz CT molecular complexity index is 772. The number of urea groups is 1. The number of hydrogen-bond donors (Lipinski definition) is 1. The van der Waals surface area contributed by atoms with Gasteiger partial charge in [-0.15, -0.1) is 0 Å². The number of aliphatic carboxylic acids is 1. The number of carboxylic acid groups (broad SMARTS) is 1. The topological polar surface area (TPSA) is 121 Å². The van der Waals surface area contributed by atoms with E-state index in [2.05, 4.69) is 0 Å². The summed E-state index contributed by atoms with van der Waals surface area (Å²) >= 11 is 0. The van der Waals surface area contributed by atoms with E-state index in [9.17, 15) is 29.6 Å². The maximum atomic E-state index is 12.9. The highest BCUT2D eigenvalue weighted by molar-refractivity contribution is 6.08. The van der Waals surface area contributed by atoms with Gasteiger partial charge in [0.15, 0.2) is 0 Å². The van der Waals surface area contributed by atoms with Crippen molar-refractivity contribution >= 4 is 23.6 Å². The number of imide groups is 1. The van der Waals surface area contributed by atoms with Crippen LogP contribution < -0.4 is 0 Å². The zero-order valence-corrected chi connectivity index (χ0v) is 15.7. The van der Waals surface area contributed by atoms with E-state index in [0.29, 0.717) is 5.56 Å². The largest absolute Gasteiger partial charge is 0.480 e. The standard InChI is InChI=1S/C18H23N3O6/c1-11(2)9-14(15(22)23)20-16(24)18(3,4)19(17(20)25)10-12-5-7-13(8-6-12)21(26)27/h5-8,11,14H,9-10H2,1-4H3,(H,22,23)/t14-/m0/s1. The molecule has 1 saturated heterocycles. The summed E-state index contributed by atoms with van der Waals surface area (Å²) in [4.78, 5) is 49.7. The maximum absolute atomic E-state index is 12.9. The smallest absolute Gasteiger partial charge is 0.328 e. The Morgan fingerprint density at radius 2 is 1.78 bits per heavy atom. The highest BCUT2D eigenvalue weighted by Gasteiger charge is 2.54. The molecule has 0 radical (unpaired) electrons. The third kappa shape index (κ3) is 3.91. The predicted molar refractivity (Wildman–Crippen MR) is 95.8 cm³/mol. The summed E-state index contributed by atoms with van der Waals surface area (Å²) in [6.45, 7) is 6.81. The second-order valence-corrected chi connectivity index (χ2v) is 7.51. The van der Waals surface area contributed by atoms with Gasteiger partial charge in [0.25, 0.3) is 11.6 Å². The molecule has 1 aromatic carbocycles. The summed E-state index contributed by atoms with van der Waals surface area (Å²) in [5.74, 6) is -1.81. The van der Waals surface area contributed by atoms with E-state index in [4.69, 9.17) is 0 Å². The van der Waals surface area contributed by atoms with Crippen molar-refractivity contribution in [1.82, 2.24) is 9.80 Å². The SMILES string of the molecule is CC(C)C[C@@H](C(=O)O)N1C(=O)N(Cc2ccc([N+](=O)[O-])cc2)C(C)(C)C1=O. The number of amides is 3. The first-order chi connectivity index (χ1) is 12.5. The fourth-order valence-electron chi connectivity index (χ4n) is 3.08. The lowest BCUT2D eigenvalue weighted by Gasteiger charge is -2.27. The molecule has 1 aliphatic rings. The summed E-state index contributed by atoms with van der Waals surface area (Å²) in [6, 6.07) is 3.76. The molecule has 2 rings (SSSR count). The van der Waals surface area contributed by atoms with Gasteiger partial charge in [-0.2, -0.15) is 0 Å². The van der Waals surface area contributed by atoms with Crippen molar-refractivity contribution in [3.63, 3.8) is 0 Å². The minimum Gasteiger partial charge on any atom is -0.480 e. The fourth-order valence-corrected chi connectivity index (χ4v) is 3.08. The normalized spacial score (nSPS) is 17.5. The van der Waals surface area contributed by atoms with Gasteiger partial charge in [-0.3, -0.25) is 14.9 Å². The molecule has 0 spiro atoms. The molecule has 27 heavy (non-hydrogen) atoms. The molecule has 1 atom stereocenters. The molecule has 0 bridgehead atoms. The number of benzene rings is 1. The lowest BCUT2D eigenvalue weighted by Crippen LogP contribution is -2.47. The molecule has 1 fully saturated rings. The average molecular weight is 377 g/mol. The summed E-state index contributed by atoms with van der Waals surface area (Å²) in [5, 5.41) is 20.3. The van der Waals surface area contributed by atoms with Crippen LogP contribution in [-0.4, -0.2) is 49.3 Å². The Morgan fingerprint density at radius 1 is 1.22 bits per heavy atom. The first-order valence-electron chi connectivity index (χ1n) is 8.58. The van der Waals surface area contributed by atoms with Crippen molar-refractivity contribution in [3.8, 4) is 0 Å². The second-order valence-electron chi connectivity index (χ2n) is 7.51. The van der Waals surface area contributed by atoms with Crippen LogP contribution in [0.25, 0.3) is 0 Å². The first kappa shape index (κ1) is 20.3. The maximum Gasteiger partial charge on any atom is 0.328 e. The van der Waals surface area contributed by atoms with Crippen LogP contribution >= 0.6 is 0 Å². The second kappa shape index (κ2) is 7.34. The number of nitro groups is 1. The molecule has 9 nitrogen and oxygen atoms in total. The number of carboxylic acids is 1. The van der Waals surface area contributed by atoms with Crippen LogP contribution in [0.1, 0.15) is 39.7 Å². The van der Waals surface area contributed by atoms with Gasteiger partial charge < -0.3 is 10.0 Å². The van der Waals surface area contributed by atoms with E-state index in [0.717, 1.165) is 4.90 Å². The minimum atomic E-state index is -1.23. The number of carbonyl (C=O) groups is 3. The summed E-state index contributed by atoms with van der Waals surface area (Å²) in [7, 11) is 0. The molecule has 0 saturated carbocycles. The summed E-state index contributed by atoms with van der Waals surface area (Å²) < 4.78 is 0. The van der Waals surface area contributed by atoms with Crippen molar-refractivity contribution in [2.75, 3.05) is 0 Å². The van der Waals surface area contributed by atoms with Crippen LogP contribution in [0.2, 0.25) is 0 Å². The van der Waals surface area contributed by atoms with Crippen LogP contribution in [0.15, 0.2) is 24.3 Å². The lowest BCUT2D eigenvalue weighted by molar-refractivity contribution is -0.384. The van der Waals surface area contributed by atoms with Gasteiger partial charge in [-0.1, -0.05) is 26.0 Å². The molecule has 146 valence electrons. The van der Waals surface area contributed by atoms with Crippen molar-refractivity contribution in [2.45, 2.75) is 52.2 Å². The van der Waals surface area contributed by atoms with E-state index in [1.807, 2.05) is 13.8 Å². The van der Waals surface area contributed by atoms with E-state index in [-0.39, 0.29) is 24.6 Å². The Labute approximate surface area is 156 Å². The number of hydrogen-bond acceptors (Lipinski definition) is 5. The quantitative estimate of drug-likeness (QED) is 0.443. The van der Waals surface area contributed by atoms with Crippen LogP contribution in [-0.2, 0) is 16.1 Å². The molecule has 3 amide bonds. The third-order valence-corrected chi connectivity index (χ3v) is 4.63. The molecule has 1 aliphatic heterocycles. The van der Waals surface area contributed by atoms with Crippen molar-refractivity contribution in [2.24, 2.45) is 5.92 Å². The third-order valence-electron chi connectivity index (χ3n) is 4.63. The van der Waals surface area contributed by atoms with Gasteiger partial charge in [-0.25, -0.2) is 14.5 Å². The van der Waals surface area contributed by atoms with Crippen LogP contribution in [0.4, 0.5) is 10.5 Å². The minimum absolute atomic E-state index is 0.0152. The van der Waals surface area contributed by atoms with Gasteiger partial charge in [0.1, 0.15) is 11.6 Å². The highest BCUT2D eigenvalue weighted by atomic mass is 16.6. The Kier molecular flexibility index (Phi) is 5.53. The van der Waals surface area contributed by atoms with E-state index in [1.165, 1.54) is 29.2 Å². The molecule has 9 heteroatoms. The van der Waals surface area contributed by atoms with Crippen LogP contribution in [0, 0.1) is 16.0 Å². The van der Waals surface area contributed by atoms with Gasteiger partial charge in [-0.05, 0) is 31.7 Å². The van der Waals surface area contributed by atoms with E-state index in [1.54, 1.807) is 13.8 Å². The number of nitrogens with zero attached hydrogens (tertiary/aromatic N) is 3. The van der Waals surface area contributed by atoms with Crippen LogP contribution in [0.3, 0.4) is 0 Å². The Morgan fingerprint density at radius 3 is 2.22 bits per heavy atom. The molecule has 1 heterocycles. The lowest BCUT2D eigenvalue weighted by atomic mass is 10.00.